The summed E-state index contributed by atoms with van der Waals surface area (Å²) in [5, 5.41) is 12.5. The number of amides is 2. The molecule has 2 aromatic rings. The molecule has 2 atom stereocenters. The Kier molecular flexibility index (Phi) is 4.94. The Morgan fingerprint density at radius 3 is 2.73 bits per heavy atom. The predicted octanol–water partition coefficient (Wildman–Crippen LogP) is 2.53. The van der Waals surface area contributed by atoms with Crippen LogP contribution >= 0.6 is 0 Å². The fourth-order valence-electron chi connectivity index (χ4n) is 4.33. The van der Waals surface area contributed by atoms with Crippen molar-refractivity contribution in [1.82, 2.24) is 14.8 Å². The molecule has 1 aromatic heterocycles. The van der Waals surface area contributed by atoms with Gasteiger partial charge in [-0.2, -0.15) is 5.26 Å². The second kappa shape index (κ2) is 7.45. The zero-order valence-corrected chi connectivity index (χ0v) is 17.5. The Bertz CT molecular complexity index is 1040. The molecule has 0 aliphatic carbocycles. The molecule has 0 unspecified atom stereocenters. The van der Waals surface area contributed by atoms with Crippen molar-refractivity contribution >= 4 is 17.6 Å². The molecule has 1 fully saturated rings. The molecule has 7 nitrogen and oxygen atoms in total. The Labute approximate surface area is 176 Å². The van der Waals surface area contributed by atoms with Crippen molar-refractivity contribution in [3.63, 3.8) is 0 Å². The van der Waals surface area contributed by atoms with E-state index in [1.807, 2.05) is 30.3 Å². The maximum absolute atomic E-state index is 13.0. The molecular weight excluding hydrogens is 378 g/mol. The van der Waals surface area contributed by atoms with Gasteiger partial charge in [-0.05, 0) is 42.7 Å². The number of likely N-dealkylation sites (N-methyl/N-ethyl adjacent to an activating group) is 1. The fourth-order valence-corrected chi connectivity index (χ4v) is 4.33. The van der Waals surface area contributed by atoms with E-state index in [-0.39, 0.29) is 23.4 Å². The van der Waals surface area contributed by atoms with Crippen molar-refractivity contribution < 1.29 is 9.59 Å². The van der Waals surface area contributed by atoms with Crippen molar-refractivity contribution in [3.8, 4) is 6.07 Å². The molecule has 0 spiro atoms. The smallest absolute Gasteiger partial charge is 0.255 e. The second-order valence-corrected chi connectivity index (χ2v) is 8.38. The summed E-state index contributed by atoms with van der Waals surface area (Å²) in [6.07, 6.45) is 3.12. The predicted molar refractivity (Wildman–Crippen MR) is 113 cm³/mol. The Balaban J connectivity index is 1.50. The number of aromatic nitrogens is 1. The van der Waals surface area contributed by atoms with Gasteiger partial charge in [-0.3, -0.25) is 9.59 Å². The minimum absolute atomic E-state index is 0.0154. The molecule has 3 heterocycles. The third-order valence-corrected chi connectivity index (χ3v) is 6.30. The highest BCUT2D eigenvalue weighted by atomic mass is 16.2. The van der Waals surface area contributed by atoms with Crippen LogP contribution in [0.4, 0.5) is 5.82 Å². The number of hydrogen-bond acceptors (Lipinski definition) is 5. The number of hydrogen-bond donors (Lipinski definition) is 1. The van der Waals surface area contributed by atoms with Crippen LogP contribution in [0.25, 0.3) is 0 Å². The number of fused-ring (bicyclic) bond motifs is 1. The van der Waals surface area contributed by atoms with Gasteiger partial charge >= 0.3 is 0 Å². The Morgan fingerprint density at radius 1 is 1.33 bits per heavy atom. The van der Waals surface area contributed by atoms with E-state index in [1.54, 1.807) is 30.0 Å². The first-order valence-corrected chi connectivity index (χ1v) is 10.1. The summed E-state index contributed by atoms with van der Waals surface area (Å²) < 4.78 is 0. The van der Waals surface area contributed by atoms with E-state index in [2.05, 4.69) is 23.3 Å². The molecule has 4 rings (SSSR count). The lowest BCUT2D eigenvalue weighted by Gasteiger charge is -2.25. The molecule has 1 N–H and O–H groups in total. The summed E-state index contributed by atoms with van der Waals surface area (Å²) in [7, 11) is 1.79. The molecular formula is C23H25N5O2. The van der Waals surface area contributed by atoms with Crippen LogP contribution in [0.5, 0.6) is 0 Å². The van der Waals surface area contributed by atoms with Crippen molar-refractivity contribution in [2.24, 2.45) is 0 Å². The average Bonchev–Trinajstić information content (AvgIpc) is 3.36. The molecule has 2 aliphatic rings. The number of carbonyl (C=O) groups is 2. The first-order chi connectivity index (χ1) is 14.3. The van der Waals surface area contributed by atoms with Gasteiger partial charge in [0.25, 0.3) is 5.91 Å². The van der Waals surface area contributed by atoms with Crippen LogP contribution < -0.4 is 5.32 Å². The summed E-state index contributed by atoms with van der Waals surface area (Å²) >= 11 is 0. The van der Waals surface area contributed by atoms with Crippen LogP contribution in [0.1, 0.15) is 47.3 Å². The molecule has 2 amide bonds. The SMILES string of the molecule is CC(=O)N(C)[C@H]1CCN(C(=O)c2cnc3c(c2)C[C@@](C)(c2ccc(C#N)cc2)N3)C1. The van der Waals surface area contributed by atoms with Gasteiger partial charge in [0, 0.05) is 39.7 Å². The highest BCUT2D eigenvalue weighted by molar-refractivity contribution is 5.95. The summed E-state index contributed by atoms with van der Waals surface area (Å²) in [5.74, 6) is 0.757. The number of benzene rings is 1. The minimum atomic E-state index is -0.339. The molecule has 154 valence electrons. The van der Waals surface area contributed by atoms with E-state index < -0.39 is 0 Å². The summed E-state index contributed by atoms with van der Waals surface area (Å²) in [5.41, 5.74) is 2.94. The van der Waals surface area contributed by atoms with Gasteiger partial charge in [0.2, 0.25) is 5.91 Å². The lowest BCUT2D eigenvalue weighted by molar-refractivity contribution is -0.129. The Morgan fingerprint density at radius 2 is 2.07 bits per heavy atom. The first-order valence-electron chi connectivity index (χ1n) is 10.1. The van der Waals surface area contributed by atoms with Crippen LogP contribution in [0.15, 0.2) is 36.5 Å². The quantitative estimate of drug-likeness (QED) is 0.851. The summed E-state index contributed by atoms with van der Waals surface area (Å²) in [4.78, 5) is 32.7. The highest BCUT2D eigenvalue weighted by Crippen LogP contribution is 2.38. The zero-order valence-electron chi connectivity index (χ0n) is 17.5. The number of anilines is 1. The van der Waals surface area contributed by atoms with Crippen LogP contribution in [0.2, 0.25) is 0 Å². The van der Waals surface area contributed by atoms with Crippen LogP contribution in [-0.2, 0) is 16.8 Å². The van der Waals surface area contributed by atoms with Crippen molar-refractivity contribution in [2.45, 2.75) is 38.3 Å². The summed E-state index contributed by atoms with van der Waals surface area (Å²) in [6.45, 7) is 4.83. The molecule has 1 aromatic carbocycles. The lowest BCUT2D eigenvalue weighted by Crippen LogP contribution is -2.38. The third kappa shape index (κ3) is 3.50. The second-order valence-electron chi connectivity index (χ2n) is 8.38. The topological polar surface area (TPSA) is 89.3 Å². The van der Waals surface area contributed by atoms with Gasteiger partial charge < -0.3 is 15.1 Å². The monoisotopic (exact) mass is 403 g/mol. The number of pyridine rings is 1. The van der Waals surface area contributed by atoms with Gasteiger partial charge in [-0.15, -0.1) is 0 Å². The maximum Gasteiger partial charge on any atom is 0.255 e. The molecule has 7 heteroatoms. The fraction of sp³-hybridized carbons (Fsp3) is 0.391. The summed E-state index contributed by atoms with van der Waals surface area (Å²) in [6, 6.07) is 11.7. The van der Waals surface area contributed by atoms with Crippen LogP contribution in [0.3, 0.4) is 0 Å². The number of nitriles is 1. The maximum atomic E-state index is 13.0. The molecule has 1 saturated heterocycles. The largest absolute Gasteiger partial charge is 0.360 e. The van der Waals surface area contributed by atoms with Gasteiger partial charge in [0.1, 0.15) is 5.82 Å². The molecule has 30 heavy (non-hydrogen) atoms. The lowest BCUT2D eigenvalue weighted by atomic mass is 9.88. The first kappa shape index (κ1) is 19.9. The van der Waals surface area contributed by atoms with E-state index in [9.17, 15) is 9.59 Å². The number of carbonyl (C=O) groups excluding carboxylic acids is 2. The van der Waals surface area contributed by atoms with E-state index in [1.165, 1.54) is 0 Å². The van der Waals surface area contributed by atoms with Gasteiger partial charge in [0.15, 0.2) is 0 Å². The standard InChI is InChI=1S/C23H25N5O2/c1-15(29)27(3)20-8-9-28(14-20)22(30)18-10-17-11-23(2,26-21(17)25-13-18)19-6-4-16(12-24)5-7-19/h4-7,10,13,20H,8-9,11,14H2,1-3H3,(H,25,26)/t20-,23-/m0/s1. The van der Waals surface area contributed by atoms with Crippen LogP contribution in [-0.4, -0.2) is 52.8 Å². The third-order valence-electron chi connectivity index (χ3n) is 6.30. The molecule has 0 bridgehead atoms. The van der Waals surface area contributed by atoms with E-state index in [0.717, 1.165) is 23.4 Å². The van der Waals surface area contributed by atoms with E-state index in [0.29, 0.717) is 30.6 Å². The number of nitrogens with zero attached hydrogens (tertiary/aromatic N) is 4. The normalized spacial score (nSPS) is 22.2. The van der Waals surface area contributed by atoms with Gasteiger partial charge in [0.05, 0.1) is 28.8 Å². The minimum Gasteiger partial charge on any atom is -0.360 e. The van der Waals surface area contributed by atoms with Crippen molar-refractivity contribution in [2.75, 3.05) is 25.5 Å². The average molecular weight is 403 g/mol. The van der Waals surface area contributed by atoms with Gasteiger partial charge in [-0.25, -0.2) is 4.98 Å². The van der Waals surface area contributed by atoms with Crippen molar-refractivity contribution in [3.05, 3.63) is 58.8 Å². The van der Waals surface area contributed by atoms with Crippen LogP contribution in [0, 0.1) is 11.3 Å². The van der Waals surface area contributed by atoms with Crippen molar-refractivity contribution in [1.29, 1.82) is 5.26 Å². The highest BCUT2D eigenvalue weighted by Gasteiger charge is 2.36. The molecule has 2 aliphatic heterocycles. The van der Waals surface area contributed by atoms with E-state index in [4.69, 9.17) is 5.26 Å². The number of nitrogens with one attached hydrogen (secondary N) is 1. The molecule has 0 radical (unpaired) electrons. The number of rotatable bonds is 3. The Hall–Kier alpha value is -3.40. The van der Waals surface area contributed by atoms with Gasteiger partial charge in [-0.1, -0.05) is 12.1 Å². The number of likely N-dealkylation sites (tertiary alicyclic amines) is 1. The van der Waals surface area contributed by atoms with E-state index >= 15 is 0 Å². The molecule has 0 saturated carbocycles. The zero-order chi connectivity index (χ0) is 21.5.